The molecule has 0 radical (unpaired) electrons. The maximum atomic E-state index is 10.6. The van der Waals surface area contributed by atoms with Gasteiger partial charge in [0.25, 0.3) is 0 Å². The largest absolute Gasteiger partial charge is 0.389 e. The number of fused-ring (bicyclic) bond motifs is 1. The Kier molecular flexibility index (Phi) is 3.06. The van der Waals surface area contributed by atoms with Crippen molar-refractivity contribution in [3.8, 4) is 0 Å². The van der Waals surface area contributed by atoms with Gasteiger partial charge in [-0.25, -0.2) is 0 Å². The Morgan fingerprint density at radius 2 is 2.50 bits per heavy atom. The highest BCUT2D eigenvalue weighted by Crippen LogP contribution is 2.38. The Morgan fingerprint density at radius 3 is 3.25 bits per heavy atom. The number of aromatic nitrogens is 1. The van der Waals surface area contributed by atoms with Crippen molar-refractivity contribution in [1.29, 1.82) is 0 Å². The lowest BCUT2D eigenvalue weighted by atomic mass is 9.75. The van der Waals surface area contributed by atoms with Gasteiger partial charge in [0.15, 0.2) is 0 Å². The van der Waals surface area contributed by atoms with Crippen LogP contribution in [0.5, 0.6) is 0 Å². The first-order valence-corrected chi connectivity index (χ1v) is 5.75. The third kappa shape index (κ3) is 2.00. The fourth-order valence-electron chi connectivity index (χ4n) is 2.53. The molecular formula is C13H17NO2. The van der Waals surface area contributed by atoms with Gasteiger partial charge in [0, 0.05) is 24.2 Å². The second-order valence-corrected chi connectivity index (χ2v) is 4.72. The lowest BCUT2D eigenvalue weighted by molar-refractivity contribution is -0.112. The number of carbonyl (C=O) groups excluding carboxylic acids is 1. The lowest BCUT2D eigenvalue weighted by Gasteiger charge is -2.35. The molecule has 1 aromatic rings. The number of aldehydes is 1. The maximum absolute atomic E-state index is 10.6. The van der Waals surface area contributed by atoms with E-state index in [1.54, 1.807) is 13.1 Å². The molecule has 0 amide bonds. The third-order valence-corrected chi connectivity index (χ3v) is 3.44. The minimum absolute atomic E-state index is 0.0114. The summed E-state index contributed by atoms with van der Waals surface area (Å²) in [4.78, 5) is 15.0. The molecule has 3 heteroatoms. The van der Waals surface area contributed by atoms with Gasteiger partial charge < -0.3 is 9.90 Å². The van der Waals surface area contributed by atoms with E-state index in [0.717, 1.165) is 31.2 Å². The fourth-order valence-corrected chi connectivity index (χ4v) is 2.53. The van der Waals surface area contributed by atoms with Crippen LogP contribution in [0.25, 0.3) is 0 Å². The summed E-state index contributed by atoms with van der Waals surface area (Å²) < 4.78 is 0. The molecule has 0 aliphatic heterocycles. The summed E-state index contributed by atoms with van der Waals surface area (Å²) in [6.07, 6.45) is 5.71. The Morgan fingerprint density at radius 1 is 1.69 bits per heavy atom. The fraction of sp³-hybridized carbons (Fsp3) is 0.538. The molecule has 2 unspecified atom stereocenters. The minimum atomic E-state index is -0.967. The molecule has 2 rings (SSSR count). The number of hydrogen-bond acceptors (Lipinski definition) is 3. The van der Waals surface area contributed by atoms with Crippen molar-refractivity contribution in [2.24, 2.45) is 0 Å². The van der Waals surface area contributed by atoms with Gasteiger partial charge in [0.1, 0.15) is 6.29 Å². The van der Waals surface area contributed by atoms with Gasteiger partial charge in [0.05, 0.1) is 5.60 Å². The first-order valence-electron chi connectivity index (χ1n) is 5.75. The van der Waals surface area contributed by atoms with Crippen molar-refractivity contribution < 1.29 is 9.90 Å². The molecule has 16 heavy (non-hydrogen) atoms. The Bertz CT molecular complexity index is 387. The van der Waals surface area contributed by atoms with Gasteiger partial charge in [-0.05, 0) is 37.8 Å². The van der Waals surface area contributed by atoms with Crippen molar-refractivity contribution in [3.05, 3.63) is 29.6 Å². The summed E-state index contributed by atoms with van der Waals surface area (Å²) in [6, 6.07) is 3.99. The van der Waals surface area contributed by atoms with E-state index >= 15 is 0 Å². The van der Waals surface area contributed by atoms with Crippen molar-refractivity contribution in [3.63, 3.8) is 0 Å². The van der Waals surface area contributed by atoms with Crippen LogP contribution in [-0.2, 0) is 11.2 Å². The van der Waals surface area contributed by atoms with Crippen LogP contribution < -0.4 is 0 Å². The molecule has 1 heterocycles. The topological polar surface area (TPSA) is 50.2 Å². The summed E-state index contributed by atoms with van der Waals surface area (Å²) in [7, 11) is 0. The van der Waals surface area contributed by atoms with Gasteiger partial charge in [-0.1, -0.05) is 6.07 Å². The first-order chi connectivity index (χ1) is 7.65. The zero-order valence-electron chi connectivity index (χ0n) is 9.52. The van der Waals surface area contributed by atoms with E-state index in [-0.39, 0.29) is 12.3 Å². The molecule has 0 saturated heterocycles. The van der Waals surface area contributed by atoms with Crippen molar-refractivity contribution in [2.75, 3.05) is 0 Å². The summed E-state index contributed by atoms with van der Waals surface area (Å²) in [5.41, 5.74) is 1.22. The minimum Gasteiger partial charge on any atom is -0.389 e. The number of pyridine rings is 1. The highest BCUT2D eigenvalue weighted by atomic mass is 16.3. The van der Waals surface area contributed by atoms with Crippen LogP contribution >= 0.6 is 0 Å². The van der Waals surface area contributed by atoms with Crippen LogP contribution in [0.2, 0.25) is 0 Å². The quantitative estimate of drug-likeness (QED) is 0.789. The van der Waals surface area contributed by atoms with E-state index < -0.39 is 5.60 Å². The Balaban J connectivity index is 2.34. The zero-order valence-corrected chi connectivity index (χ0v) is 9.52. The predicted molar refractivity (Wildman–Crippen MR) is 61.2 cm³/mol. The second-order valence-electron chi connectivity index (χ2n) is 4.72. The molecule has 0 aromatic carbocycles. The second kappa shape index (κ2) is 4.34. The summed E-state index contributed by atoms with van der Waals surface area (Å²) in [6.45, 7) is 1.73. The van der Waals surface area contributed by atoms with E-state index in [1.807, 2.05) is 6.07 Å². The monoisotopic (exact) mass is 219 g/mol. The molecule has 1 aliphatic rings. The standard InChI is InChI=1S/C13H17NO2/c1-13(16,7-9-15)11-6-2-4-10-5-3-8-14-12(10)11/h3,5,8-9,11,16H,2,4,6-7H2,1H3. The van der Waals surface area contributed by atoms with Crippen LogP contribution in [0.4, 0.5) is 0 Å². The first kappa shape index (κ1) is 11.3. The molecule has 0 saturated carbocycles. The van der Waals surface area contributed by atoms with E-state index in [2.05, 4.69) is 11.1 Å². The van der Waals surface area contributed by atoms with Crippen LogP contribution in [0.15, 0.2) is 18.3 Å². The highest BCUT2D eigenvalue weighted by Gasteiger charge is 2.36. The van der Waals surface area contributed by atoms with Crippen molar-refractivity contribution >= 4 is 6.29 Å². The van der Waals surface area contributed by atoms with Gasteiger partial charge in [0.2, 0.25) is 0 Å². The number of hydrogen-bond donors (Lipinski definition) is 1. The molecule has 3 nitrogen and oxygen atoms in total. The molecule has 1 aromatic heterocycles. The molecule has 0 spiro atoms. The van der Waals surface area contributed by atoms with Crippen LogP contribution in [0.1, 0.15) is 43.4 Å². The van der Waals surface area contributed by atoms with E-state index in [1.165, 1.54) is 5.56 Å². The molecule has 0 fully saturated rings. The normalized spacial score (nSPS) is 23.2. The van der Waals surface area contributed by atoms with Crippen LogP contribution in [-0.4, -0.2) is 22.0 Å². The maximum Gasteiger partial charge on any atom is 0.122 e. The summed E-state index contributed by atoms with van der Waals surface area (Å²) >= 11 is 0. The molecule has 1 aliphatic carbocycles. The number of aliphatic hydroxyl groups is 1. The average Bonchev–Trinajstić information content (AvgIpc) is 2.28. The molecule has 86 valence electrons. The van der Waals surface area contributed by atoms with E-state index in [0.29, 0.717) is 0 Å². The van der Waals surface area contributed by atoms with Crippen molar-refractivity contribution in [1.82, 2.24) is 4.98 Å². The van der Waals surface area contributed by atoms with Gasteiger partial charge in [-0.15, -0.1) is 0 Å². The number of nitrogens with zero attached hydrogens (tertiary/aromatic N) is 1. The lowest BCUT2D eigenvalue weighted by Crippen LogP contribution is -2.36. The molecule has 2 atom stereocenters. The summed E-state index contributed by atoms with van der Waals surface area (Å²) in [5.74, 6) is -0.0114. The molecule has 0 bridgehead atoms. The predicted octanol–water partition coefficient (Wildman–Crippen LogP) is 1.84. The molecule has 1 N–H and O–H groups in total. The highest BCUT2D eigenvalue weighted by molar-refractivity contribution is 5.52. The third-order valence-electron chi connectivity index (χ3n) is 3.44. The summed E-state index contributed by atoms with van der Waals surface area (Å²) in [5, 5.41) is 10.3. The zero-order chi connectivity index (χ0) is 11.6. The van der Waals surface area contributed by atoms with Gasteiger partial charge in [-0.3, -0.25) is 4.98 Å². The van der Waals surface area contributed by atoms with E-state index in [9.17, 15) is 9.90 Å². The van der Waals surface area contributed by atoms with Gasteiger partial charge >= 0.3 is 0 Å². The SMILES string of the molecule is CC(O)(CC=O)C1CCCc2cccnc21. The van der Waals surface area contributed by atoms with Crippen LogP contribution in [0, 0.1) is 0 Å². The van der Waals surface area contributed by atoms with Gasteiger partial charge in [-0.2, -0.15) is 0 Å². The number of rotatable bonds is 3. The van der Waals surface area contributed by atoms with E-state index in [4.69, 9.17) is 0 Å². The number of aryl methyl sites for hydroxylation is 1. The number of carbonyl (C=O) groups is 1. The Hall–Kier alpha value is -1.22. The molecular weight excluding hydrogens is 202 g/mol. The van der Waals surface area contributed by atoms with Crippen molar-refractivity contribution in [2.45, 2.75) is 44.1 Å². The average molecular weight is 219 g/mol. The Labute approximate surface area is 95.5 Å². The van der Waals surface area contributed by atoms with Crippen LogP contribution in [0.3, 0.4) is 0 Å². The smallest absolute Gasteiger partial charge is 0.122 e.